The zero-order valence-electron chi connectivity index (χ0n) is 20.0. The minimum Gasteiger partial charge on any atom is -0.393 e. The Hall–Kier alpha value is -2.59. The van der Waals surface area contributed by atoms with Gasteiger partial charge < -0.3 is 20.2 Å². The van der Waals surface area contributed by atoms with Crippen LogP contribution in [-0.4, -0.2) is 53.6 Å². The maximum Gasteiger partial charge on any atom is 0.230 e. The van der Waals surface area contributed by atoms with Gasteiger partial charge in [-0.3, -0.25) is 9.59 Å². The van der Waals surface area contributed by atoms with E-state index in [0.29, 0.717) is 17.9 Å². The molecule has 0 bridgehead atoms. The van der Waals surface area contributed by atoms with Gasteiger partial charge in [0.15, 0.2) is 0 Å². The van der Waals surface area contributed by atoms with Crippen molar-refractivity contribution in [3.8, 4) is 0 Å². The van der Waals surface area contributed by atoms with E-state index in [0.717, 1.165) is 89.4 Å². The Labute approximate surface area is 202 Å². The number of hydrogen-bond donors (Lipinski definition) is 2. The summed E-state index contributed by atoms with van der Waals surface area (Å²) in [4.78, 5) is 34.2. The van der Waals surface area contributed by atoms with Gasteiger partial charge in [0.2, 0.25) is 17.5 Å². The average Bonchev–Trinajstić information content (AvgIpc) is 3.49. The number of benzene rings is 1. The molecular weight excluding hydrogens is 428 g/mol. The molecule has 1 aromatic rings. The summed E-state index contributed by atoms with van der Waals surface area (Å²) in [6.45, 7) is 10.0. The SMILES string of the molecule is [C-]#[N+]c1cc(NC(=O)C2CCCC2)ccc1N1CCC[C@@]2(CCN(C3CCC(O)CC3)C2=O)C1. The van der Waals surface area contributed by atoms with Crippen LogP contribution in [-0.2, 0) is 9.59 Å². The number of carbonyl (C=O) groups is 2. The van der Waals surface area contributed by atoms with Crippen molar-refractivity contribution in [3.05, 3.63) is 29.6 Å². The van der Waals surface area contributed by atoms with Gasteiger partial charge in [0.05, 0.1) is 18.1 Å². The van der Waals surface area contributed by atoms with Gasteiger partial charge in [-0.1, -0.05) is 12.8 Å². The Morgan fingerprint density at radius 2 is 1.82 bits per heavy atom. The zero-order valence-corrected chi connectivity index (χ0v) is 20.0. The van der Waals surface area contributed by atoms with Crippen molar-refractivity contribution in [3.63, 3.8) is 0 Å². The molecule has 4 fully saturated rings. The monoisotopic (exact) mass is 464 g/mol. The fourth-order valence-corrected chi connectivity index (χ4v) is 6.67. The lowest BCUT2D eigenvalue weighted by Crippen LogP contribution is -2.50. The van der Waals surface area contributed by atoms with Gasteiger partial charge in [-0.25, -0.2) is 4.85 Å². The maximum atomic E-state index is 13.6. The van der Waals surface area contributed by atoms with Crippen molar-refractivity contribution in [1.29, 1.82) is 0 Å². The van der Waals surface area contributed by atoms with E-state index in [9.17, 15) is 14.7 Å². The van der Waals surface area contributed by atoms with E-state index in [4.69, 9.17) is 6.57 Å². The van der Waals surface area contributed by atoms with Crippen LogP contribution in [0.15, 0.2) is 18.2 Å². The molecule has 2 saturated carbocycles. The first-order valence-corrected chi connectivity index (χ1v) is 13.1. The van der Waals surface area contributed by atoms with Gasteiger partial charge in [-0.15, -0.1) is 0 Å². The molecule has 1 spiro atoms. The Morgan fingerprint density at radius 3 is 2.56 bits per heavy atom. The lowest BCUT2D eigenvalue weighted by Gasteiger charge is -2.42. The summed E-state index contributed by atoms with van der Waals surface area (Å²) < 4.78 is 0. The second kappa shape index (κ2) is 9.58. The molecule has 4 aliphatic rings. The van der Waals surface area contributed by atoms with Crippen LogP contribution in [0.5, 0.6) is 0 Å². The fourth-order valence-electron chi connectivity index (χ4n) is 6.67. The molecule has 7 nitrogen and oxygen atoms in total. The molecule has 2 aliphatic heterocycles. The van der Waals surface area contributed by atoms with Crippen molar-refractivity contribution >= 4 is 28.9 Å². The average molecular weight is 465 g/mol. The molecule has 2 amide bonds. The summed E-state index contributed by atoms with van der Waals surface area (Å²) >= 11 is 0. The third-order valence-electron chi connectivity index (χ3n) is 8.66. The number of anilines is 2. The highest BCUT2D eigenvalue weighted by Gasteiger charge is 2.50. The lowest BCUT2D eigenvalue weighted by atomic mass is 9.78. The Bertz CT molecular complexity index is 975. The van der Waals surface area contributed by atoms with Crippen LogP contribution in [0.1, 0.15) is 70.6 Å². The predicted molar refractivity (Wildman–Crippen MR) is 132 cm³/mol. The topological polar surface area (TPSA) is 77.2 Å². The van der Waals surface area contributed by atoms with Gasteiger partial charge in [-0.2, -0.15) is 0 Å². The smallest absolute Gasteiger partial charge is 0.230 e. The van der Waals surface area contributed by atoms with Crippen LogP contribution in [0.2, 0.25) is 0 Å². The van der Waals surface area contributed by atoms with Crippen molar-refractivity contribution in [2.24, 2.45) is 11.3 Å². The van der Waals surface area contributed by atoms with Gasteiger partial charge in [0, 0.05) is 43.0 Å². The third-order valence-corrected chi connectivity index (χ3v) is 8.66. The summed E-state index contributed by atoms with van der Waals surface area (Å²) in [5.41, 5.74) is 1.70. The molecule has 182 valence electrons. The molecule has 1 aromatic carbocycles. The van der Waals surface area contributed by atoms with E-state index in [1.54, 1.807) is 6.07 Å². The minimum atomic E-state index is -0.372. The first-order valence-electron chi connectivity index (χ1n) is 13.1. The van der Waals surface area contributed by atoms with Crippen LogP contribution in [0, 0.1) is 17.9 Å². The Balaban J connectivity index is 1.29. The summed E-state index contributed by atoms with van der Waals surface area (Å²) in [6.07, 6.45) is 9.94. The number of carbonyl (C=O) groups excluding carboxylic acids is 2. The zero-order chi connectivity index (χ0) is 23.7. The molecular formula is C27H36N4O3. The van der Waals surface area contributed by atoms with Crippen LogP contribution in [0.3, 0.4) is 0 Å². The molecule has 0 radical (unpaired) electrons. The van der Waals surface area contributed by atoms with Crippen molar-refractivity contribution in [2.75, 3.05) is 29.9 Å². The van der Waals surface area contributed by atoms with E-state index in [-0.39, 0.29) is 35.3 Å². The van der Waals surface area contributed by atoms with E-state index in [2.05, 4.69) is 20.0 Å². The summed E-state index contributed by atoms with van der Waals surface area (Å²) in [5.74, 6) is 0.412. The number of piperidine rings is 1. The third kappa shape index (κ3) is 4.40. The minimum absolute atomic E-state index is 0.0602. The first-order chi connectivity index (χ1) is 16.5. The van der Waals surface area contributed by atoms with Crippen molar-refractivity contribution in [2.45, 2.75) is 82.8 Å². The standard InChI is InChI=1S/C27H36N4O3/c1-28-23-17-20(29-25(33)19-5-2-3-6-19)7-12-24(23)30-15-4-13-27(18-30)14-16-31(26(27)34)21-8-10-22(32)11-9-21/h7,12,17,19,21-22,32H,2-6,8-11,13-16,18H2,(H,29,33)/t21?,22?,27-/m1/s1. The Morgan fingerprint density at radius 1 is 1.06 bits per heavy atom. The van der Waals surface area contributed by atoms with Crippen LogP contribution >= 0.6 is 0 Å². The van der Waals surface area contributed by atoms with Gasteiger partial charge >= 0.3 is 0 Å². The number of nitrogens with one attached hydrogen (secondary N) is 1. The summed E-state index contributed by atoms with van der Waals surface area (Å²) in [6, 6.07) is 5.88. The number of nitrogens with zero attached hydrogens (tertiary/aromatic N) is 3. The van der Waals surface area contributed by atoms with Gasteiger partial charge in [0.1, 0.15) is 0 Å². The quantitative estimate of drug-likeness (QED) is 0.644. The first kappa shape index (κ1) is 23.2. The molecule has 2 saturated heterocycles. The lowest BCUT2D eigenvalue weighted by molar-refractivity contribution is -0.139. The molecule has 2 N–H and O–H groups in total. The fraction of sp³-hybridized carbons (Fsp3) is 0.667. The number of aliphatic hydroxyl groups is 1. The highest BCUT2D eigenvalue weighted by atomic mass is 16.3. The van der Waals surface area contributed by atoms with Gasteiger partial charge in [0.25, 0.3) is 0 Å². The highest BCUT2D eigenvalue weighted by molar-refractivity contribution is 5.94. The number of rotatable bonds is 4. The van der Waals surface area contributed by atoms with Crippen molar-refractivity contribution in [1.82, 2.24) is 4.90 Å². The molecule has 34 heavy (non-hydrogen) atoms. The second-order valence-corrected chi connectivity index (χ2v) is 10.8. The van der Waals surface area contributed by atoms with Crippen molar-refractivity contribution < 1.29 is 14.7 Å². The highest BCUT2D eigenvalue weighted by Crippen LogP contribution is 2.45. The predicted octanol–water partition coefficient (Wildman–Crippen LogP) is 4.49. The molecule has 0 unspecified atom stereocenters. The molecule has 7 heteroatoms. The number of hydrogen-bond acceptors (Lipinski definition) is 4. The molecule has 2 aliphatic carbocycles. The summed E-state index contributed by atoms with van der Waals surface area (Å²) in [5, 5.41) is 12.9. The van der Waals surface area contributed by atoms with Crippen LogP contribution in [0.25, 0.3) is 4.85 Å². The largest absolute Gasteiger partial charge is 0.393 e. The van der Waals surface area contributed by atoms with Gasteiger partial charge in [-0.05, 0) is 76.0 Å². The van der Waals surface area contributed by atoms with E-state index < -0.39 is 0 Å². The van der Waals surface area contributed by atoms with Crippen LogP contribution in [0.4, 0.5) is 17.1 Å². The van der Waals surface area contributed by atoms with Crippen LogP contribution < -0.4 is 10.2 Å². The number of aliphatic hydroxyl groups excluding tert-OH is 1. The molecule has 1 atom stereocenters. The number of likely N-dealkylation sites (tertiary alicyclic amines) is 1. The summed E-state index contributed by atoms with van der Waals surface area (Å²) in [7, 11) is 0. The molecule has 5 rings (SSSR count). The van der Waals surface area contributed by atoms with E-state index in [1.807, 2.05) is 12.1 Å². The maximum absolute atomic E-state index is 13.6. The second-order valence-electron chi connectivity index (χ2n) is 10.8. The molecule has 0 aromatic heterocycles. The normalized spacial score (nSPS) is 30.1. The Kier molecular flexibility index (Phi) is 6.52. The van der Waals surface area contributed by atoms with E-state index >= 15 is 0 Å². The number of amides is 2. The van der Waals surface area contributed by atoms with E-state index in [1.165, 1.54) is 0 Å². The molecule has 2 heterocycles.